The van der Waals surface area contributed by atoms with Gasteiger partial charge in [0.2, 0.25) is 0 Å². The molecule has 1 rings (SSSR count). The first-order chi connectivity index (χ1) is 8.33. The number of nitrogens with zero attached hydrogens (tertiary/aromatic N) is 2. The molecule has 98 valence electrons. The van der Waals surface area contributed by atoms with Gasteiger partial charge in [0.25, 0.3) is 0 Å². The quantitative estimate of drug-likeness (QED) is 0.683. The van der Waals surface area contributed by atoms with Crippen LogP contribution in [0.25, 0.3) is 0 Å². The van der Waals surface area contributed by atoms with Gasteiger partial charge in [-0.15, -0.1) is 5.10 Å². The molecule has 1 N–H and O–H groups in total. The number of aromatic nitrogens is 2. The van der Waals surface area contributed by atoms with Crippen LogP contribution in [-0.2, 0) is 6.42 Å². The molecular formula is C13H25N3S. The third kappa shape index (κ3) is 4.72. The van der Waals surface area contributed by atoms with Gasteiger partial charge in [-0.25, -0.2) is 0 Å². The van der Waals surface area contributed by atoms with Crippen molar-refractivity contribution in [3.05, 3.63) is 10.6 Å². The Balaban J connectivity index is 2.38. The predicted octanol–water partition coefficient (Wildman–Crippen LogP) is 3.72. The Morgan fingerprint density at radius 1 is 1.18 bits per heavy atom. The molecule has 0 saturated carbocycles. The lowest BCUT2D eigenvalue weighted by atomic mass is 10.0. The van der Waals surface area contributed by atoms with E-state index in [-0.39, 0.29) is 0 Å². The molecule has 0 fully saturated rings. The normalized spacial score (nSPS) is 12.9. The molecule has 4 heteroatoms. The Kier molecular flexibility index (Phi) is 7.37. The van der Waals surface area contributed by atoms with E-state index in [0.717, 1.165) is 6.42 Å². The van der Waals surface area contributed by atoms with Crippen LogP contribution in [-0.4, -0.2) is 16.6 Å². The smallest absolute Gasteiger partial charge is 0.0800 e. The Morgan fingerprint density at radius 3 is 2.59 bits per heavy atom. The van der Waals surface area contributed by atoms with Crippen molar-refractivity contribution in [1.29, 1.82) is 0 Å². The minimum absolute atomic E-state index is 0.451. The molecule has 0 aromatic carbocycles. The third-order valence-electron chi connectivity index (χ3n) is 3.18. The maximum Gasteiger partial charge on any atom is 0.0800 e. The first kappa shape index (κ1) is 14.6. The van der Waals surface area contributed by atoms with Crippen molar-refractivity contribution in [3.63, 3.8) is 0 Å². The lowest BCUT2D eigenvalue weighted by Gasteiger charge is -2.14. The van der Waals surface area contributed by atoms with Crippen molar-refractivity contribution < 1.29 is 0 Å². The highest BCUT2D eigenvalue weighted by Crippen LogP contribution is 2.25. The number of hydrogen-bond acceptors (Lipinski definition) is 4. The molecule has 1 aromatic rings. The fourth-order valence-electron chi connectivity index (χ4n) is 2.08. The molecule has 0 spiro atoms. The van der Waals surface area contributed by atoms with Crippen molar-refractivity contribution in [1.82, 2.24) is 14.9 Å². The van der Waals surface area contributed by atoms with Crippen LogP contribution in [0.4, 0.5) is 0 Å². The van der Waals surface area contributed by atoms with E-state index in [2.05, 4.69) is 28.8 Å². The third-order valence-corrected chi connectivity index (χ3v) is 4.06. The molecule has 1 aromatic heterocycles. The average molecular weight is 255 g/mol. The van der Waals surface area contributed by atoms with E-state index in [9.17, 15) is 0 Å². The zero-order chi connectivity index (χ0) is 12.5. The van der Waals surface area contributed by atoms with Gasteiger partial charge in [0.1, 0.15) is 0 Å². The van der Waals surface area contributed by atoms with Crippen molar-refractivity contribution in [3.8, 4) is 0 Å². The standard InChI is InChI=1S/C13H25N3S/c1-4-6-7-8-9-10-12(14-3)13-11(5-2)15-16-17-13/h12,14H,4-10H2,1-3H3. The largest absolute Gasteiger partial charge is 0.312 e. The molecule has 0 saturated heterocycles. The molecular weight excluding hydrogens is 230 g/mol. The van der Waals surface area contributed by atoms with Gasteiger partial charge in [0.05, 0.1) is 10.6 Å². The molecule has 0 aliphatic rings. The lowest BCUT2D eigenvalue weighted by molar-refractivity contribution is 0.503. The summed E-state index contributed by atoms with van der Waals surface area (Å²) in [6.07, 6.45) is 8.89. The molecule has 1 heterocycles. The Hall–Kier alpha value is -0.480. The zero-order valence-corrected chi connectivity index (χ0v) is 12.1. The van der Waals surface area contributed by atoms with E-state index in [1.165, 1.54) is 49.1 Å². The van der Waals surface area contributed by atoms with E-state index in [1.807, 2.05) is 7.05 Å². The van der Waals surface area contributed by atoms with E-state index in [0.29, 0.717) is 6.04 Å². The van der Waals surface area contributed by atoms with Crippen molar-refractivity contribution >= 4 is 11.5 Å². The molecule has 17 heavy (non-hydrogen) atoms. The van der Waals surface area contributed by atoms with Gasteiger partial charge in [-0.2, -0.15) is 0 Å². The SMILES string of the molecule is CCCCCCCC(NC)c1snnc1CC. The first-order valence-electron chi connectivity index (χ1n) is 6.81. The number of hydrogen-bond donors (Lipinski definition) is 1. The van der Waals surface area contributed by atoms with Gasteiger partial charge in [-0.1, -0.05) is 50.4 Å². The minimum Gasteiger partial charge on any atom is -0.312 e. The first-order valence-corrected chi connectivity index (χ1v) is 7.59. The lowest BCUT2D eigenvalue weighted by Crippen LogP contribution is -2.16. The number of nitrogens with one attached hydrogen (secondary N) is 1. The van der Waals surface area contributed by atoms with Crippen LogP contribution in [0.2, 0.25) is 0 Å². The summed E-state index contributed by atoms with van der Waals surface area (Å²) in [4.78, 5) is 1.34. The van der Waals surface area contributed by atoms with Crippen molar-refractivity contribution in [2.75, 3.05) is 7.05 Å². The average Bonchev–Trinajstić information content (AvgIpc) is 2.82. The predicted molar refractivity (Wildman–Crippen MR) is 74.5 cm³/mol. The van der Waals surface area contributed by atoms with Gasteiger partial charge in [-0.3, -0.25) is 0 Å². The Labute approximate surface area is 109 Å². The van der Waals surface area contributed by atoms with Gasteiger partial charge < -0.3 is 5.32 Å². The van der Waals surface area contributed by atoms with Gasteiger partial charge in [0.15, 0.2) is 0 Å². The van der Waals surface area contributed by atoms with Crippen LogP contribution in [0, 0.1) is 0 Å². The fourth-order valence-corrected chi connectivity index (χ4v) is 2.96. The summed E-state index contributed by atoms with van der Waals surface area (Å²) in [6, 6.07) is 0.451. The molecule has 0 aliphatic carbocycles. The monoisotopic (exact) mass is 255 g/mol. The van der Waals surface area contributed by atoms with E-state index in [4.69, 9.17) is 0 Å². The van der Waals surface area contributed by atoms with Crippen LogP contribution in [0.3, 0.4) is 0 Å². The second-order valence-electron chi connectivity index (χ2n) is 4.48. The van der Waals surface area contributed by atoms with E-state index >= 15 is 0 Å². The van der Waals surface area contributed by atoms with Crippen LogP contribution in [0.5, 0.6) is 0 Å². The second-order valence-corrected chi connectivity index (χ2v) is 5.27. The highest BCUT2D eigenvalue weighted by molar-refractivity contribution is 7.05. The summed E-state index contributed by atoms with van der Waals surface area (Å²) < 4.78 is 4.07. The summed E-state index contributed by atoms with van der Waals surface area (Å²) >= 11 is 1.55. The van der Waals surface area contributed by atoms with Crippen LogP contribution >= 0.6 is 11.5 Å². The van der Waals surface area contributed by atoms with E-state index in [1.54, 1.807) is 11.5 Å². The van der Waals surface area contributed by atoms with E-state index < -0.39 is 0 Å². The fraction of sp³-hybridized carbons (Fsp3) is 0.846. The van der Waals surface area contributed by atoms with Crippen LogP contribution in [0.15, 0.2) is 0 Å². The molecule has 0 aliphatic heterocycles. The maximum absolute atomic E-state index is 4.19. The highest BCUT2D eigenvalue weighted by Gasteiger charge is 2.16. The molecule has 1 unspecified atom stereocenters. The van der Waals surface area contributed by atoms with Gasteiger partial charge in [-0.05, 0) is 31.4 Å². The summed E-state index contributed by atoms with van der Waals surface area (Å²) in [5.41, 5.74) is 1.17. The number of aryl methyl sites for hydroxylation is 1. The molecule has 0 bridgehead atoms. The summed E-state index contributed by atoms with van der Waals surface area (Å²) in [6.45, 7) is 4.40. The molecule has 0 amide bonds. The van der Waals surface area contributed by atoms with Gasteiger partial charge in [0, 0.05) is 6.04 Å². The summed E-state index contributed by atoms with van der Waals surface area (Å²) in [5, 5.41) is 7.59. The van der Waals surface area contributed by atoms with Crippen molar-refractivity contribution in [2.45, 2.75) is 64.8 Å². The number of rotatable bonds is 9. The molecule has 3 nitrogen and oxygen atoms in total. The summed E-state index contributed by atoms with van der Waals surface area (Å²) in [5.74, 6) is 0. The Morgan fingerprint density at radius 2 is 1.94 bits per heavy atom. The van der Waals surface area contributed by atoms with Crippen LogP contribution < -0.4 is 5.32 Å². The maximum atomic E-state index is 4.19. The Bertz CT molecular complexity index is 299. The molecule has 0 radical (unpaired) electrons. The summed E-state index contributed by atoms with van der Waals surface area (Å²) in [7, 11) is 2.04. The number of unbranched alkanes of at least 4 members (excludes halogenated alkanes) is 4. The molecule has 1 atom stereocenters. The van der Waals surface area contributed by atoms with Crippen LogP contribution in [0.1, 0.15) is 69.0 Å². The highest BCUT2D eigenvalue weighted by atomic mass is 32.1. The second kappa shape index (κ2) is 8.59. The zero-order valence-electron chi connectivity index (χ0n) is 11.3. The van der Waals surface area contributed by atoms with Crippen molar-refractivity contribution in [2.24, 2.45) is 0 Å². The van der Waals surface area contributed by atoms with Gasteiger partial charge >= 0.3 is 0 Å². The topological polar surface area (TPSA) is 37.8 Å². The minimum atomic E-state index is 0.451.